The molecule has 2 atom stereocenters. The van der Waals surface area contributed by atoms with E-state index in [1.54, 1.807) is 18.2 Å². The molecule has 0 aromatic heterocycles. The summed E-state index contributed by atoms with van der Waals surface area (Å²) in [7, 11) is -3.01. The molecule has 0 amide bonds. The molecule has 1 fully saturated rings. The summed E-state index contributed by atoms with van der Waals surface area (Å²) < 4.78 is 23.4. The third-order valence-corrected chi connectivity index (χ3v) is 5.16. The molecular weight excluding hydrogens is 281 g/mol. The zero-order chi connectivity index (χ0) is 12.6. The Labute approximate surface area is 111 Å². The van der Waals surface area contributed by atoms with E-state index in [1.165, 1.54) is 0 Å². The smallest absolute Gasteiger partial charge is 0.153 e. The van der Waals surface area contributed by atoms with Gasteiger partial charge in [-0.1, -0.05) is 29.3 Å². The zero-order valence-corrected chi connectivity index (χ0v) is 11.6. The van der Waals surface area contributed by atoms with E-state index in [9.17, 15) is 8.42 Å². The molecule has 0 aliphatic carbocycles. The summed E-state index contributed by atoms with van der Waals surface area (Å²) in [5.41, 5.74) is 0.784. The van der Waals surface area contributed by atoms with Crippen LogP contribution in [-0.2, 0) is 9.84 Å². The molecule has 1 N–H and O–H groups in total. The van der Waals surface area contributed by atoms with E-state index in [0.717, 1.165) is 5.56 Å². The standard InChI is InChI=1S/C11H13Cl2NO2S/c1-7-5-17(15,16)6-11(14-7)9-3-2-8(12)4-10(9)13/h2-4,7,11,14H,5-6H2,1H3. The van der Waals surface area contributed by atoms with Crippen molar-refractivity contribution in [3.63, 3.8) is 0 Å². The Morgan fingerprint density at radius 3 is 2.59 bits per heavy atom. The van der Waals surface area contributed by atoms with Crippen LogP contribution in [0.1, 0.15) is 18.5 Å². The lowest BCUT2D eigenvalue weighted by molar-refractivity contribution is 0.469. The van der Waals surface area contributed by atoms with Gasteiger partial charge in [-0.15, -0.1) is 0 Å². The number of sulfone groups is 1. The monoisotopic (exact) mass is 293 g/mol. The summed E-state index contributed by atoms with van der Waals surface area (Å²) in [5, 5.41) is 4.29. The van der Waals surface area contributed by atoms with Crippen molar-refractivity contribution in [3.8, 4) is 0 Å². The number of rotatable bonds is 1. The number of halogens is 2. The minimum absolute atomic E-state index is 0.0644. The van der Waals surface area contributed by atoms with Crippen LogP contribution in [0.15, 0.2) is 18.2 Å². The first-order chi connectivity index (χ1) is 7.87. The van der Waals surface area contributed by atoms with Crippen LogP contribution in [0.2, 0.25) is 10.0 Å². The molecule has 1 aromatic rings. The minimum atomic E-state index is -3.01. The molecule has 3 nitrogen and oxygen atoms in total. The second-order valence-electron chi connectivity index (χ2n) is 4.36. The van der Waals surface area contributed by atoms with E-state index < -0.39 is 9.84 Å². The molecule has 94 valence electrons. The molecule has 0 radical (unpaired) electrons. The first-order valence-corrected chi connectivity index (χ1v) is 7.86. The maximum Gasteiger partial charge on any atom is 0.153 e. The highest BCUT2D eigenvalue weighted by molar-refractivity contribution is 7.91. The van der Waals surface area contributed by atoms with Gasteiger partial charge in [-0.05, 0) is 24.6 Å². The van der Waals surface area contributed by atoms with Crippen molar-refractivity contribution >= 4 is 33.0 Å². The van der Waals surface area contributed by atoms with Gasteiger partial charge in [0.2, 0.25) is 0 Å². The van der Waals surface area contributed by atoms with Crippen molar-refractivity contribution in [3.05, 3.63) is 33.8 Å². The predicted octanol–water partition coefficient (Wildman–Crippen LogP) is 2.44. The largest absolute Gasteiger partial charge is 0.305 e. The zero-order valence-electron chi connectivity index (χ0n) is 9.28. The lowest BCUT2D eigenvalue weighted by Gasteiger charge is -2.29. The molecule has 0 spiro atoms. The maximum absolute atomic E-state index is 11.7. The van der Waals surface area contributed by atoms with Crippen LogP contribution in [0, 0.1) is 0 Å². The quantitative estimate of drug-likeness (QED) is 0.865. The van der Waals surface area contributed by atoms with Crippen LogP contribution in [0.4, 0.5) is 0 Å². The van der Waals surface area contributed by atoms with Gasteiger partial charge in [0.1, 0.15) is 0 Å². The average Bonchev–Trinajstić information content (AvgIpc) is 2.13. The Kier molecular flexibility index (Phi) is 3.69. The van der Waals surface area contributed by atoms with Crippen molar-refractivity contribution in [1.82, 2.24) is 5.32 Å². The van der Waals surface area contributed by atoms with Gasteiger partial charge in [0.15, 0.2) is 9.84 Å². The molecule has 0 bridgehead atoms. The third-order valence-electron chi connectivity index (χ3n) is 2.75. The first-order valence-electron chi connectivity index (χ1n) is 5.29. The number of hydrogen-bond donors (Lipinski definition) is 1. The first kappa shape index (κ1) is 13.1. The van der Waals surface area contributed by atoms with Crippen molar-refractivity contribution in [2.75, 3.05) is 11.5 Å². The van der Waals surface area contributed by atoms with E-state index in [2.05, 4.69) is 5.32 Å². The molecular formula is C11H13Cl2NO2S. The molecule has 0 saturated carbocycles. The van der Waals surface area contributed by atoms with Crippen molar-refractivity contribution in [2.24, 2.45) is 0 Å². The van der Waals surface area contributed by atoms with Crippen molar-refractivity contribution in [1.29, 1.82) is 0 Å². The van der Waals surface area contributed by atoms with Gasteiger partial charge in [-0.25, -0.2) is 8.42 Å². The Morgan fingerprint density at radius 1 is 1.29 bits per heavy atom. The summed E-state index contributed by atoms with van der Waals surface area (Å²) in [6.45, 7) is 1.85. The summed E-state index contributed by atoms with van der Waals surface area (Å²) >= 11 is 11.9. The van der Waals surface area contributed by atoms with Gasteiger partial charge in [0.25, 0.3) is 0 Å². The number of hydrogen-bond acceptors (Lipinski definition) is 3. The molecule has 1 heterocycles. The minimum Gasteiger partial charge on any atom is -0.305 e. The Balaban J connectivity index is 2.33. The summed E-state index contributed by atoms with van der Waals surface area (Å²) in [6.07, 6.45) is 0. The second-order valence-corrected chi connectivity index (χ2v) is 7.36. The van der Waals surface area contributed by atoms with Gasteiger partial charge in [0.05, 0.1) is 11.5 Å². The molecule has 2 rings (SSSR count). The third kappa shape index (κ3) is 3.13. The fourth-order valence-corrected chi connectivity index (χ4v) is 4.42. The van der Waals surface area contributed by atoms with E-state index in [0.29, 0.717) is 10.0 Å². The summed E-state index contributed by atoms with van der Waals surface area (Å²) in [4.78, 5) is 0. The summed E-state index contributed by atoms with van der Waals surface area (Å²) in [6, 6.07) is 4.80. The van der Waals surface area contributed by atoms with Crippen LogP contribution in [0.5, 0.6) is 0 Å². The SMILES string of the molecule is CC1CS(=O)(=O)CC(c2ccc(Cl)cc2Cl)N1. The fourth-order valence-electron chi connectivity index (χ4n) is 2.11. The van der Waals surface area contributed by atoms with Crippen molar-refractivity contribution < 1.29 is 8.42 Å². The van der Waals surface area contributed by atoms with Crippen LogP contribution >= 0.6 is 23.2 Å². The average molecular weight is 294 g/mol. The Bertz CT molecular complexity index is 530. The molecule has 1 aromatic carbocycles. The highest BCUT2D eigenvalue weighted by Gasteiger charge is 2.30. The maximum atomic E-state index is 11.7. The molecule has 2 unspecified atom stereocenters. The predicted molar refractivity (Wildman–Crippen MR) is 70.5 cm³/mol. The number of nitrogens with one attached hydrogen (secondary N) is 1. The van der Waals surface area contributed by atoms with Gasteiger partial charge >= 0.3 is 0 Å². The normalized spacial score (nSPS) is 27.9. The van der Waals surface area contributed by atoms with Gasteiger partial charge < -0.3 is 5.32 Å². The van der Waals surface area contributed by atoms with Crippen LogP contribution in [-0.4, -0.2) is 26.0 Å². The van der Waals surface area contributed by atoms with Gasteiger partial charge in [-0.2, -0.15) is 0 Å². The van der Waals surface area contributed by atoms with E-state index >= 15 is 0 Å². The van der Waals surface area contributed by atoms with Gasteiger partial charge in [-0.3, -0.25) is 0 Å². The molecule has 6 heteroatoms. The van der Waals surface area contributed by atoms with Gasteiger partial charge in [0, 0.05) is 22.1 Å². The highest BCUT2D eigenvalue weighted by Crippen LogP contribution is 2.29. The summed E-state index contributed by atoms with van der Waals surface area (Å²) in [5.74, 6) is 0.257. The van der Waals surface area contributed by atoms with Crippen molar-refractivity contribution in [2.45, 2.75) is 19.0 Å². The lowest BCUT2D eigenvalue weighted by atomic mass is 10.1. The highest BCUT2D eigenvalue weighted by atomic mass is 35.5. The number of benzene rings is 1. The Hall–Kier alpha value is -0.290. The molecule has 1 aliphatic rings. The fraction of sp³-hybridized carbons (Fsp3) is 0.455. The van der Waals surface area contributed by atoms with Crippen LogP contribution in [0.3, 0.4) is 0 Å². The van der Waals surface area contributed by atoms with Crippen LogP contribution < -0.4 is 5.32 Å². The topological polar surface area (TPSA) is 46.2 Å². The van der Waals surface area contributed by atoms with E-state index in [-0.39, 0.29) is 23.6 Å². The van der Waals surface area contributed by atoms with E-state index in [4.69, 9.17) is 23.2 Å². The van der Waals surface area contributed by atoms with E-state index in [1.807, 2.05) is 6.92 Å². The molecule has 1 aliphatic heterocycles. The molecule has 1 saturated heterocycles. The molecule has 17 heavy (non-hydrogen) atoms. The van der Waals surface area contributed by atoms with Crippen LogP contribution in [0.25, 0.3) is 0 Å². The lowest BCUT2D eigenvalue weighted by Crippen LogP contribution is -2.45. The second kappa shape index (κ2) is 4.76. The Morgan fingerprint density at radius 2 is 2.00 bits per heavy atom.